The number of ether oxygens (including phenoxy) is 1. The number of rotatable bonds is 3. The summed E-state index contributed by atoms with van der Waals surface area (Å²) in [6.07, 6.45) is -4.97. The summed E-state index contributed by atoms with van der Waals surface area (Å²) in [6.45, 7) is 0. The average Bonchev–Trinajstić information content (AvgIpc) is 2.38. The third-order valence-corrected chi connectivity index (χ3v) is 2.64. The zero-order valence-corrected chi connectivity index (χ0v) is 10.4. The Kier molecular flexibility index (Phi) is 3.75. The molecular weight excluding hydrogens is 289 g/mol. The van der Waals surface area contributed by atoms with Crippen molar-refractivity contribution in [3.8, 4) is 22.6 Å². The Bertz CT molecular complexity index is 663. The van der Waals surface area contributed by atoms with E-state index in [9.17, 15) is 23.1 Å². The van der Waals surface area contributed by atoms with Crippen LogP contribution in [0.15, 0.2) is 42.5 Å². The number of aromatic carboxylic acids is 1. The molecule has 2 aromatic carbocycles. The van der Waals surface area contributed by atoms with Crippen LogP contribution in [0.3, 0.4) is 0 Å². The highest BCUT2D eigenvalue weighted by Crippen LogP contribution is 2.31. The molecule has 0 amide bonds. The lowest BCUT2D eigenvalue weighted by Gasteiger charge is -2.12. The summed E-state index contributed by atoms with van der Waals surface area (Å²) in [7, 11) is 0. The van der Waals surface area contributed by atoms with Crippen molar-refractivity contribution >= 4 is 5.97 Å². The van der Waals surface area contributed by atoms with Crippen LogP contribution in [-0.4, -0.2) is 22.5 Å². The van der Waals surface area contributed by atoms with Crippen LogP contribution in [0.1, 0.15) is 10.4 Å². The van der Waals surface area contributed by atoms with Crippen LogP contribution in [0.25, 0.3) is 11.1 Å². The second-order valence-corrected chi connectivity index (χ2v) is 4.11. The molecule has 0 aliphatic heterocycles. The van der Waals surface area contributed by atoms with E-state index in [4.69, 9.17) is 5.11 Å². The summed E-state index contributed by atoms with van der Waals surface area (Å²) in [5.74, 6) is -2.29. The van der Waals surface area contributed by atoms with Crippen molar-refractivity contribution in [2.75, 3.05) is 0 Å². The van der Waals surface area contributed by atoms with Crippen LogP contribution in [0, 0.1) is 0 Å². The van der Waals surface area contributed by atoms with E-state index in [1.165, 1.54) is 30.3 Å². The predicted octanol–water partition coefficient (Wildman–Crippen LogP) is 3.66. The summed E-state index contributed by atoms with van der Waals surface area (Å²) >= 11 is 0. The van der Waals surface area contributed by atoms with Gasteiger partial charge in [0, 0.05) is 0 Å². The first kappa shape index (κ1) is 14.7. The molecule has 0 aromatic heterocycles. The Morgan fingerprint density at radius 1 is 1.00 bits per heavy atom. The molecule has 7 heteroatoms. The number of carbonyl (C=O) groups is 1. The van der Waals surface area contributed by atoms with Crippen molar-refractivity contribution in [2.45, 2.75) is 6.36 Å². The molecule has 0 saturated carbocycles. The minimum atomic E-state index is -4.97. The Balaban J connectivity index is 2.45. The van der Waals surface area contributed by atoms with Gasteiger partial charge in [-0.05, 0) is 35.4 Å². The normalized spacial score (nSPS) is 11.2. The number of alkyl halides is 3. The van der Waals surface area contributed by atoms with E-state index in [0.717, 1.165) is 12.1 Å². The van der Waals surface area contributed by atoms with E-state index in [0.29, 0.717) is 11.1 Å². The second kappa shape index (κ2) is 5.35. The lowest BCUT2D eigenvalue weighted by molar-refractivity contribution is -0.274. The molecule has 0 unspecified atom stereocenters. The molecule has 0 radical (unpaired) electrons. The number of hydrogen-bond acceptors (Lipinski definition) is 3. The Morgan fingerprint density at radius 2 is 1.57 bits per heavy atom. The van der Waals surface area contributed by atoms with Gasteiger partial charge in [0.25, 0.3) is 0 Å². The number of carboxylic acids is 1. The van der Waals surface area contributed by atoms with Crippen LogP contribution in [0.5, 0.6) is 11.5 Å². The lowest BCUT2D eigenvalue weighted by Crippen LogP contribution is -2.19. The molecule has 2 N–H and O–H groups in total. The van der Waals surface area contributed by atoms with Gasteiger partial charge in [0.1, 0.15) is 17.1 Å². The highest BCUT2D eigenvalue weighted by atomic mass is 19.4. The quantitative estimate of drug-likeness (QED) is 0.907. The number of hydrogen-bond donors (Lipinski definition) is 2. The van der Waals surface area contributed by atoms with Crippen molar-refractivity contribution in [1.29, 1.82) is 0 Å². The standard InChI is InChI=1S/C14H9F3O4/c15-14(16,17)21-12-6-3-9(7-11(12)13(19)20)8-1-4-10(18)5-2-8/h1-7,18H,(H,19,20). The Hall–Kier alpha value is -2.70. The van der Waals surface area contributed by atoms with E-state index < -0.39 is 23.6 Å². The molecule has 0 spiro atoms. The molecule has 0 aliphatic rings. The van der Waals surface area contributed by atoms with Gasteiger partial charge in [-0.1, -0.05) is 18.2 Å². The SMILES string of the molecule is O=C(O)c1cc(-c2ccc(O)cc2)ccc1OC(F)(F)F. The fourth-order valence-corrected chi connectivity index (χ4v) is 1.74. The van der Waals surface area contributed by atoms with Crippen LogP contribution < -0.4 is 4.74 Å². The van der Waals surface area contributed by atoms with Gasteiger partial charge in [0.2, 0.25) is 0 Å². The van der Waals surface area contributed by atoms with Crippen LogP contribution in [0.2, 0.25) is 0 Å². The van der Waals surface area contributed by atoms with Crippen LogP contribution in [0.4, 0.5) is 13.2 Å². The van der Waals surface area contributed by atoms with E-state index >= 15 is 0 Å². The molecule has 0 atom stereocenters. The molecule has 21 heavy (non-hydrogen) atoms. The number of halogens is 3. The van der Waals surface area contributed by atoms with E-state index in [2.05, 4.69) is 4.74 Å². The van der Waals surface area contributed by atoms with Gasteiger partial charge >= 0.3 is 12.3 Å². The molecule has 2 rings (SSSR count). The highest BCUT2D eigenvalue weighted by Gasteiger charge is 2.33. The molecule has 4 nitrogen and oxygen atoms in total. The van der Waals surface area contributed by atoms with Gasteiger partial charge in [0.05, 0.1) is 0 Å². The predicted molar refractivity (Wildman–Crippen MR) is 67.2 cm³/mol. The Morgan fingerprint density at radius 3 is 2.10 bits per heavy atom. The van der Waals surface area contributed by atoms with Gasteiger partial charge < -0.3 is 14.9 Å². The number of aromatic hydroxyl groups is 1. The molecule has 110 valence electrons. The summed E-state index contributed by atoms with van der Waals surface area (Å²) < 4.78 is 40.3. The van der Waals surface area contributed by atoms with Crippen molar-refractivity contribution in [2.24, 2.45) is 0 Å². The van der Waals surface area contributed by atoms with E-state index in [1.807, 2.05) is 0 Å². The largest absolute Gasteiger partial charge is 0.573 e. The minimum Gasteiger partial charge on any atom is -0.508 e. The van der Waals surface area contributed by atoms with Crippen molar-refractivity contribution in [1.82, 2.24) is 0 Å². The summed E-state index contributed by atoms with van der Waals surface area (Å²) in [6, 6.07) is 9.13. The number of phenols is 1. The zero-order valence-electron chi connectivity index (χ0n) is 10.4. The maximum Gasteiger partial charge on any atom is 0.573 e. The first-order valence-corrected chi connectivity index (χ1v) is 5.69. The fourth-order valence-electron chi connectivity index (χ4n) is 1.74. The molecule has 0 fully saturated rings. The maximum absolute atomic E-state index is 12.2. The van der Waals surface area contributed by atoms with E-state index in [1.54, 1.807) is 0 Å². The van der Waals surface area contributed by atoms with Gasteiger partial charge in [-0.25, -0.2) is 4.79 Å². The fraction of sp³-hybridized carbons (Fsp3) is 0.0714. The van der Waals surface area contributed by atoms with Gasteiger partial charge in [-0.2, -0.15) is 0 Å². The Labute approximate surface area is 117 Å². The monoisotopic (exact) mass is 298 g/mol. The van der Waals surface area contributed by atoms with Gasteiger partial charge in [0.15, 0.2) is 0 Å². The van der Waals surface area contributed by atoms with Gasteiger partial charge in [-0.15, -0.1) is 13.2 Å². The van der Waals surface area contributed by atoms with Crippen LogP contribution >= 0.6 is 0 Å². The third-order valence-electron chi connectivity index (χ3n) is 2.64. The molecule has 0 bridgehead atoms. The topological polar surface area (TPSA) is 66.8 Å². The van der Waals surface area contributed by atoms with Crippen LogP contribution in [-0.2, 0) is 0 Å². The third kappa shape index (κ3) is 3.65. The highest BCUT2D eigenvalue weighted by molar-refractivity contribution is 5.92. The lowest BCUT2D eigenvalue weighted by atomic mass is 10.0. The van der Waals surface area contributed by atoms with E-state index in [-0.39, 0.29) is 5.75 Å². The average molecular weight is 298 g/mol. The van der Waals surface area contributed by atoms with Crippen molar-refractivity contribution in [3.63, 3.8) is 0 Å². The number of phenolic OH excluding ortho intramolecular Hbond substituents is 1. The second-order valence-electron chi connectivity index (χ2n) is 4.11. The number of carboxylic acid groups (broad SMARTS) is 1. The summed E-state index contributed by atoms with van der Waals surface area (Å²) in [5.41, 5.74) is 0.341. The molecule has 2 aromatic rings. The zero-order chi connectivity index (χ0) is 15.6. The van der Waals surface area contributed by atoms with Crippen molar-refractivity contribution in [3.05, 3.63) is 48.0 Å². The number of benzene rings is 2. The smallest absolute Gasteiger partial charge is 0.508 e. The first-order valence-electron chi connectivity index (χ1n) is 5.69. The molecule has 0 saturated heterocycles. The van der Waals surface area contributed by atoms with Gasteiger partial charge in [-0.3, -0.25) is 0 Å². The molecule has 0 heterocycles. The van der Waals surface area contributed by atoms with Crippen molar-refractivity contribution < 1.29 is 32.9 Å². The molecular formula is C14H9F3O4. The first-order chi connectivity index (χ1) is 9.76. The maximum atomic E-state index is 12.2. The summed E-state index contributed by atoms with van der Waals surface area (Å²) in [5, 5.41) is 18.2. The summed E-state index contributed by atoms with van der Waals surface area (Å²) in [4.78, 5) is 11.1. The molecule has 0 aliphatic carbocycles. The minimum absolute atomic E-state index is 0.0224.